The van der Waals surface area contributed by atoms with Crippen LogP contribution in [0.1, 0.15) is 64.2 Å². The molecule has 0 heterocycles. The van der Waals surface area contributed by atoms with Crippen molar-refractivity contribution in [2.75, 3.05) is 13.6 Å². The van der Waals surface area contributed by atoms with Crippen LogP contribution in [0.25, 0.3) is 0 Å². The van der Waals surface area contributed by atoms with Gasteiger partial charge >= 0.3 is 0 Å². The van der Waals surface area contributed by atoms with Crippen LogP contribution in [0.15, 0.2) is 0 Å². The summed E-state index contributed by atoms with van der Waals surface area (Å²) < 4.78 is 16.7. The van der Waals surface area contributed by atoms with E-state index in [4.69, 9.17) is 14.2 Å². The molecule has 2 aliphatic carbocycles. The number of ether oxygens (including phenoxy) is 3. The van der Waals surface area contributed by atoms with Gasteiger partial charge in [0, 0.05) is 0 Å². The summed E-state index contributed by atoms with van der Waals surface area (Å²) in [6, 6.07) is 0. The summed E-state index contributed by atoms with van der Waals surface area (Å²) in [5.41, 5.74) is 0. The van der Waals surface area contributed by atoms with Crippen LogP contribution in [0.4, 0.5) is 0 Å². The zero-order valence-electron chi connectivity index (χ0n) is 10.9. The molecule has 2 saturated carbocycles. The summed E-state index contributed by atoms with van der Waals surface area (Å²) in [4.78, 5) is 0. The summed E-state index contributed by atoms with van der Waals surface area (Å²) in [5, 5.41) is 0. The van der Waals surface area contributed by atoms with E-state index in [-0.39, 0.29) is 0 Å². The molecule has 100 valence electrons. The molecule has 3 nitrogen and oxygen atoms in total. The Morgan fingerprint density at radius 3 is 1.41 bits per heavy atom. The SMILES string of the molecule is C1CCC(OCOCOC2CCCCC2)CC1. The molecule has 2 aliphatic rings. The van der Waals surface area contributed by atoms with Gasteiger partial charge in [0.25, 0.3) is 0 Å². The standard InChI is InChI=1S/C14H26O3/c1-3-7-13(8-4-1)16-11-15-12-17-14-9-5-2-6-10-14/h13-14H,1-12H2. The van der Waals surface area contributed by atoms with E-state index >= 15 is 0 Å². The van der Waals surface area contributed by atoms with Gasteiger partial charge in [-0.15, -0.1) is 0 Å². The minimum atomic E-state index is 0.400. The first-order valence-corrected chi connectivity index (χ1v) is 7.26. The lowest BCUT2D eigenvalue weighted by Crippen LogP contribution is -2.21. The highest BCUT2D eigenvalue weighted by Gasteiger charge is 2.15. The van der Waals surface area contributed by atoms with Gasteiger partial charge in [0.15, 0.2) is 0 Å². The van der Waals surface area contributed by atoms with E-state index in [0.29, 0.717) is 25.8 Å². The predicted molar refractivity (Wildman–Crippen MR) is 66.7 cm³/mol. The van der Waals surface area contributed by atoms with E-state index in [0.717, 1.165) is 0 Å². The lowest BCUT2D eigenvalue weighted by Gasteiger charge is -2.23. The van der Waals surface area contributed by atoms with Crippen molar-refractivity contribution in [2.45, 2.75) is 76.4 Å². The molecule has 2 fully saturated rings. The molecule has 2 rings (SSSR count). The van der Waals surface area contributed by atoms with Crippen LogP contribution in [0.5, 0.6) is 0 Å². The van der Waals surface area contributed by atoms with E-state index in [1.54, 1.807) is 0 Å². The third-order valence-corrected chi connectivity index (χ3v) is 3.88. The molecule has 0 N–H and O–H groups in total. The quantitative estimate of drug-likeness (QED) is 0.526. The summed E-state index contributed by atoms with van der Waals surface area (Å²) >= 11 is 0. The fraction of sp³-hybridized carbons (Fsp3) is 1.00. The van der Waals surface area contributed by atoms with Gasteiger partial charge in [-0.3, -0.25) is 0 Å². The molecule has 0 amide bonds. The van der Waals surface area contributed by atoms with Gasteiger partial charge in [0.1, 0.15) is 13.6 Å². The first kappa shape index (κ1) is 13.3. The smallest absolute Gasteiger partial charge is 0.149 e. The third-order valence-electron chi connectivity index (χ3n) is 3.88. The van der Waals surface area contributed by atoms with Crippen molar-refractivity contribution in [1.82, 2.24) is 0 Å². The van der Waals surface area contributed by atoms with Gasteiger partial charge in [-0.05, 0) is 25.7 Å². The normalized spacial score (nSPS) is 24.0. The van der Waals surface area contributed by atoms with Crippen LogP contribution >= 0.6 is 0 Å². The highest BCUT2D eigenvalue weighted by molar-refractivity contribution is 4.65. The van der Waals surface area contributed by atoms with E-state index in [1.807, 2.05) is 0 Å². The van der Waals surface area contributed by atoms with Crippen molar-refractivity contribution in [3.05, 3.63) is 0 Å². The molecule has 0 bridgehead atoms. The Balaban J connectivity index is 1.42. The number of rotatable bonds is 6. The molecule has 0 aromatic heterocycles. The van der Waals surface area contributed by atoms with Gasteiger partial charge in [-0.2, -0.15) is 0 Å². The monoisotopic (exact) mass is 242 g/mol. The van der Waals surface area contributed by atoms with Crippen molar-refractivity contribution in [2.24, 2.45) is 0 Å². The molecule has 17 heavy (non-hydrogen) atoms. The zero-order valence-corrected chi connectivity index (χ0v) is 10.9. The van der Waals surface area contributed by atoms with Crippen molar-refractivity contribution >= 4 is 0 Å². The first-order valence-electron chi connectivity index (χ1n) is 7.26. The molecule has 0 atom stereocenters. The molecule has 0 saturated heterocycles. The van der Waals surface area contributed by atoms with Crippen LogP contribution in [-0.4, -0.2) is 25.8 Å². The number of hydrogen-bond donors (Lipinski definition) is 0. The third kappa shape index (κ3) is 5.36. The largest absolute Gasteiger partial charge is 0.352 e. The Hall–Kier alpha value is -0.120. The minimum Gasteiger partial charge on any atom is -0.352 e. The Morgan fingerprint density at radius 2 is 1.00 bits per heavy atom. The maximum atomic E-state index is 5.67. The average molecular weight is 242 g/mol. The Bertz CT molecular complexity index is 164. The van der Waals surface area contributed by atoms with Crippen LogP contribution in [-0.2, 0) is 14.2 Å². The van der Waals surface area contributed by atoms with Crippen LogP contribution in [0.3, 0.4) is 0 Å². The Kier molecular flexibility index (Phi) is 6.32. The van der Waals surface area contributed by atoms with E-state index < -0.39 is 0 Å². The zero-order chi connectivity index (χ0) is 11.8. The lowest BCUT2D eigenvalue weighted by atomic mass is 9.98. The van der Waals surface area contributed by atoms with Gasteiger partial charge in [-0.25, -0.2) is 0 Å². The van der Waals surface area contributed by atoms with Crippen molar-refractivity contribution in [1.29, 1.82) is 0 Å². The van der Waals surface area contributed by atoms with Gasteiger partial charge in [-0.1, -0.05) is 38.5 Å². The fourth-order valence-corrected chi connectivity index (χ4v) is 2.79. The van der Waals surface area contributed by atoms with E-state index in [9.17, 15) is 0 Å². The maximum absolute atomic E-state index is 5.67. The fourth-order valence-electron chi connectivity index (χ4n) is 2.79. The molecule has 0 aromatic rings. The molecular formula is C14H26O3. The molecular weight excluding hydrogens is 216 g/mol. The van der Waals surface area contributed by atoms with Gasteiger partial charge in [0.05, 0.1) is 12.2 Å². The maximum Gasteiger partial charge on any atom is 0.149 e. The van der Waals surface area contributed by atoms with E-state index in [1.165, 1.54) is 64.2 Å². The van der Waals surface area contributed by atoms with E-state index in [2.05, 4.69) is 0 Å². The van der Waals surface area contributed by atoms with Crippen molar-refractivity contribution < 1.29 is 14.2 Å². The first-order chi connectivity index (χ1) is 8.45. The highest BCUT2D eigenvalue weighted by Crippen LogP contribution is 2.21. The number of hydrogen-bond acceptors (Lipinski definition) is 3. The minimum absolute atomic E-state index is 0.400. The van der Waals surface area contributed by atoms with Crippen molar-refractivity contribution in [3.8, 4) is 0 Å². The second-order valence-electron chi connectivity index (χ2n) is 5.29. The summed E-state index contributed by atoms with van der Waals surface area (Å²) in [6.07, 6.45) is 13.6. The van der Waals surface area contributed by atoms with Crippen LogP contribution < -0.4 is 0 Å². The molecule has 0 spiro atoms. The van der Waals surface area contributed by atoms with Crippen LogP contribution in [0, 0.1) is 0 Å². The van der Waals surface area contributed by atoms with Crippen molar-refractivity contribution in [3.63, 3.8) is 0 Å². The topological polar surface area (TPSA) is 27.7 Å². The summed E-state index contributed by atoms with van der Waals surface area (Å²) in [6.45, 7) is 0.800. The van der Waals surface area contributed by atoms with Gasteiger partial charge in [0.2, 0.25) is 0 Å². The average Bonchev–Trinajstić information content (AvgIpc) is 2.41. The Morgan fingerprint density at radius 1 is 0.588 bits per heavy atom. The molecule has 3 heteroatoms. The lowest BCUT2D eigenvalue weighted by molar-refractivity contribution is -0.170. The van der Waals surface area contributed by atoms with Gasteiger partial charge < -0.3 is 14.2 Å². The summed E-state index contributed by atoms with van der Waals surface area (Å²) in [7, 11) is 0. The highest BCUT2D eigenvalue weighted by atomic mass is 16.7. The second-order valence-corrected chi connectivity index (χ2v) is 5.29. The molecule has 0 unspecified atom stereocenters. The predicted octanol–water partition coefficient (Wildman–Crippen LogP) is 3.62. The summed E-state index contributed by atoms with van der Waals surface area (Å²) in [5.74, 6) is 0. The molecule has 0 radical (unpaired) electrons. The molecule has 0 aromatic carbocycles. The Labute approximate surface area is 105 Å². The van der Waals surface area contributed by atoms with Crippen LogP contribution in [0.2, 0.25) is 0 Å². The second kappa shape index (κ2) is 8.06. The molecule has 0 aliphatic heterocycles.